The lowest BCUT2D eigenvalue weighted by molar-refractivity contribution is 0.326. The van der Waals surface area contributed by atoms with Gasteiger partial charge in [0.2, 0.25) is 0 Å². The SMILES string of the molecule is CCOc1cccc(=S)[nH]1. The summed E-state index contributed by atoms with van der Waals surface area (Å²) in [5.74, 6) is 0.731. The van der Waals surface area contributed by atoms with Gasteiger partial charge in [-0.05, 0) is 19.1 Å². The Morgan fingerprint density at radius 3 is 3.00 bits per heavy atom. The average Bonchev–Trinajstić information content (AvgIpc) is 1.88. The van der Waals surface area contributed by atoms with E-state index in [1.807, 2.05) is 25.1 Å². The van der Waals surface area contributed by atoms with E-state index in [2.05, 4.69) is 4.98 Å². The quantitative estimate of drug-likeness (QED) is 0.662. The van der Waals surface area contributed by atoms with E-state index in [1.165, 1.54) is 0 Å². The van der Waals surface area contributed by atoms with Gasteiger partial charge in [0.1, 0.15) is 4.64 Å². The summed E-state index contributed by atoms with van der Waals surface area (Å²) in [6.07, 6.45) is 0. The van der Waals surface area contributed by atoms with Crippen molar-refractivity contribution in [3.63, 3.8) is 0 Å². The Morgan fingerprint density at radius 1 is 1.60 bits per heavy atom. The molecule has 0 aliphatic rings. The maximum absolute atomic E-state index is 5.16. The molecule has 54 valence electrons. The predicted octanol–water partition coefficient (Wildman–Crippen LogP) is 2.14. The van der Waals surface area contributed by atoms with Crippen molar-refractivity contribution in [3.05, 3.63) is 22.8 Å². The molecule has 2 nitrogen and oxygen atoms in total. The highest BCUT2D eigenvalue weighted by Gasteiger charge is 1.86. The van der Waals surface area contributed by atoms with Gasteiger partial charge in [-0.15, -0.1) is 0 Å². The van der Waals surface area contributed by atoms with E-state index in [4.69, 9.17) is 17.0 Å². The molecule has 10 heavy (non-hydrogen) atoms. The van der Waals surface area contributed by atoms with Crippen LogP contribution in [0.2, 0.25) is 0 Å². The van der Waals surface area contributed by atoms with Gasteiger partial charge in [-0.2, -0.15) is 0 Å². The molecule has 0 aliphatic carbocycles. The summed E-state index contributed by atoms with van der Waals surface area (Å²) >= 11 is 4.88. The predicted molar refractivity (Wildman–Crippen MR) is 42.8 cm³/mol. The van der Waals surface area contributed by atoms with Gasteiger partial charge in [0, 0.05) is 0 Å². The number of nitrogens with one attached hydrogen (secondary N) is 1. The fourth-order valence-corrected chi connectivity index (χ4v) is 0.847. The molecule has 1 aromatic heterocycles. The molecule has 0 radical (unpaired) electrons. The largest absolute Gasteiger partial charge is 0.479 e. The highest BCUT2D eigenvalue weighted by molar-refractivity contribution is 7.71. The molecule has 0 saturated carbocycles. The Labute approximate surface area is 64.9 Å². The van der Waals surface area contributed by atoms with E-state index in [9.17, 15) is 0 Å². The maximum atomic E-state index is 5.16. The van der Waals surface area contributed by atoms with E-state index in [1.54, 1.807) is 0 Å². The van der Waals surface area contributed by atoms with Gasteiger partial charge in [0.25, 0.3) is 0 Å². The summed E-state index contributed by atoms with van der Waals surface area (Å²) in [5, 5.41) is 0. The molecule has 0 amide bonds. The molecular formula is C7H9NOS. The van der Waals surface area contributed by atoms with Gasteiger partial charge in [-0.25, -0.2) is 0 Å². The topological polar surface area (TPSA) is 25.0 Å². The molecule has 0 spiro atoms. The minimum Gasteiger partial charge on any atom is -0.479 e. The molecule has 1 N–H and O–H groups in total. The first-order valence-corrected chi connectivity index (χ1v) is 3.56. The van der Waals surface area contributed by atoms with Crippen molar-refractivity contribution >= 4 is 12.2 Å². The molecule has 1 aromatic rings. The lowest BCUT2D eigenvalue weighted by Crippen LogP contribution is -1.93. The maximum Gasteiger partial charge on any atom is 0.191 e. The van der Waals surface area contributed by atoms with E-state index in [-0.39, 0.29) is 0 Å². The second-order valence-corrected chi connectivity index (χ2v) is 2.25. The number of aromatic nitrogens is 1. The van der Waals surface area contributed by atoms with Gasteiger partial charge in [-0.3, -0.25) is 0 Å². The molecule has 1 rings (SSSR count). The number of hydrogen-bond donors (Lipinski definition) is 1. The Kier molecular flexibility index (Phi) is 2.45. The van der Waals surface area contributed by atoms with Gasteiger partial charge in [0.15, 0.2) is 5.88 Å². The first-order chi connectivity index (χ1) is 4.83. The van der Waals surface area contributed by atoms with Crippen LogP contribution in [0.25, 0.3) is 0 Å². The fraction of sp³-hybridized carbons (Fsp3) is 0.286. The fourth-order valence-electron chi connectivity index (χ4n) is 0.667. The van der Waals surface area contributed by atoms with Gasteiger partial charge >= 0.3 is 0 Å². The van der Waals surface area contributed by atoms with Crippen LogP contribution in [-0.4, -0.2) is 11.6 Å². The molecule has 0 atom stereocenters. The van der Waals surface area contributed by atoms with Gasteiger partial charge in [-0.1, -0.05) is 18.3 Å². The van der Waals surface area contributed by atoms with E-state index in [0.29, 0.717) is 11.2 Å². The minimum absolute atomic E-state index is 0.662. The van der Waals surface area contributed by atoms with Crippen LogP contribution in [0, 0.1) is 4.64 Å². The zero-order valence-corrected chi connectivity index (χ0v) is 6.57. The third-order valence-corrected chi connectivity index (χ3v) is 1.28. The number of pyridine rings is 1. The van der Waals surface area contributed by atoms with Crippen LogP contribution in [0.5, 0.6) is 5.88 Å². The third kappa shape index (κ3) is 1.84. The molecular weight excluding hydrogens is 146 g/mol. The first kappa shape index (κ1) is 7.28. The molecule has 0 unspecified atom stereocenters. The Bertz CT molecular complexity index is 256. The van der Waals surface area contributed by atoms with Crippen molar-refractivity contribution in [3.8, 4) is 5.88 Å². The van der Waals surface area contributed by atoms with Crippen LogP contribution in [0.15, 0.2) is 18.2 Å². The second kappa shape index (κ2) is 3.37. The smallest absolute Gasteiger partial charge is 0.191 e. The first-order valence-electron chi connectivity index (χ1n) is 3.15. The third-order valence-electron chi connectivity index (χ3n) is 1.04. The van der Waals surface area contributed by atoms with Gasteiger partial charge < -0.3 is 9.72 Å². The number of rotatable bonds is 2. The van der Waals surface area contributed by atoms with Gasteiger partial charge in [0.05, 0.1) is 6.61 Å². The van der Waals surface area contributed by atoms with E-state index in [0.717, 1.165) is 5.88 Å². The number of hydrogen-bond acceptors (Lipinski definition) is 2. The summed E-state index contributed by atoms with van der Waals surface area (Å²) in [4.78, 5) is 2.90. The van der Waals surface area contributed by atoms with Crippen molar-refractivity contribution in [2.45, 2.75) is 6.92 Å². The van der Waals surface area contributed by atoms with Crippen LogP contribution in [0.4, 0.5) is 0 Å². The molecule has 0 bridgehead atoms. The number of H-pyrrole nitrogens is 1. The molecule has 3 heteroatoms. The van der Waals surface area contributed by atoms with Crippen LogP contribution in [-0.2, 0) is 0 Å². The van der Waals surface area contributed by atoms with E-state index >= 15 is 0 Å². The average molecular weight is 155 g/mol. The van der Waals surface area contributed by atoms with Crippen molar-refractivity contribution in [1.82, 2.24) is 4.98 Å². The van der Waals surface area contributed by atoms with Crippen molar-refractivity contribution in [1.29, 1.82) is 0 Å². The Morgan fingerprint density at radius 2 is 2.40 bits per heavy atom. The van der Waals surface area contributed by atoms with E-state index < -0.39 is 0 Å². The van der Waals surface area contributed by atoms with Crippen molar-refractivity contribution < 1.29 is 4.74 Å². The lowest BCUT2D eigenvalue weighted by Gasteiger charge is -1.99. The van der Waals surface area contributed by atoms with Crippen LogP contribution < -0.4 is 4.74 Å². The van der Waals surface area contributed by atoms with Crippen LogP contribution in [0.1, 0.15) is 6.92 Å². The summed E-state index contributed by atoms with van der Waals surface area (Å²) in [5.41, 5.74) is 0. The van der Waals surface area contributed by atoms with Crippen LogP contribution >= 0.6 is 12.2 Å². The lowest BCUT2D eigenvalue weighted by atomic mass is 10.5. The number of ether oxygens (including phenoxy) is 1. The van der Waals surface area contributed by atoms with Crippen molar-refractivity contribution in [2.24, 2.45) is 0 Å². The molecule has 1 heterocycles. The number of aromatic amines is 1. The summed E-state index contributed by atoms with van der Waals surface area (Å²) in [6.45, 7) is 2.60. The highest BCUT2D eigenvalue weighted by Crippen LogP contribution is 2.03. The zero-order valence-electron chi connectivity index (χ0n) is 5.76. The highest BCUT2D eigenvalue weighted by atomic mass is 32.1. The minimum atomic E-state index is 0.662. The Hall–Kier alpha value is -0.830. The standard InChI is InChI=1S/C7H9NOS/c1-2-9-6-4-3-5-7(10)8-6/h3-5H,2H2,1H3,(H,8,10). The zero-order chi connectivity index (χ0) is 7.40. The molecule has 0 aromatic carbocycles. The Balaban J connectivity index is 2.85. The normalized spacial score (nSPS) is 9.30. The molecule has 0 saturated heterocycles. The van der Waals surface area contributed by atoms with Crippen LogP contribution in [0.3, 0.4) is 0 Å². The monoisotopic (exact) mass is 155 g/mol. The summed E-state index contributed by atoms with van der Waals surface area (Å²) in [6, 6.07) is 5.53. The molecule has 0 fully saturated rings. The summed E-state index contributed by atoms with van der Waals surface area (Å²) < 4.78 is 5.86. The molecule has 0 aliphatic heterocycles. The van der Waals surface area contributed by atoms with Crippen molar-refractivity contribution in [2.75, 3.05) is 6.61 Å². The second-order valence-electron chi connectivity index (χ2n) is 1.81. The summed E-state index contributed by atoms with van der Waals surface area (Å²) in [7, 11) is 0.